The summed E-state index contributed by atoms with van der Waals surface area (Å²) in [7, 11) is 0. The number of anilines is 1. The van der Waals surface area contributed by atoms with E-state index in [4.69, 9.17) is 5.73 Å². The molecule has 1 saturated carbocycles. The molecule has 1 fully saturated rings. The van der Waals surface area contributed by atoms with E-state index >= 15 is 0 Å². The molecule has 5 nitrogen and oxygen atoms in total. The highest BCUT2D eigenvalue weighted by Gasteiger charge is 2.36. The molecule has 1 aliphatic rings. The largest absolute Gasteiger partial charge is 0.383 e. The van der Waals surface area contributed by atoms with Crippen LogP contribution in [0.15, 0.2) is 16.0 Å². The predicted octanol–water partition coefficient (Wildman–Crippen LogP) is 2.80. The van der Waals surface area contributed by atoms with Crippen LogP contribution in [0.3, 0.4) is 0 Å². The van der Waals surface area contributed by atoms with Crippen LogP contribution in [-0.2, 0) is 0 Å². The molecule has 1 aromatic rings. The maximum Gasteiger partial charge on any atom is 0.253 e. The summed E-state index contributed by atoms with van der Waals surface area (Å²) in [6.07, 6.45) is 2.95. The lowest BCUT2D eigenvalue weighted by molar-refractivity contribution is 0.169. The summed E-state index contributed by atoms with van der Waals surface area (Å²) in [6.45, 7) is 6.73. The monoisotopic (exact) mass is 306 g/mol. The Hall–Kier alpha value is -1.48. The van der Waals surface area contributed by atoms with Crippen LogP contribution in [-0.4, -0.2) is 15.2 Å². The summed E-state index contributed by atoms with van der Waals surface area (Å²) in [4.78, 5) is 18.3. The Kier molecular flexibility index (Phi) is 4.62. The first-order chi connectivity index (χ1) is 9.79. The van der Waals surface area contributed by atoms with Crippen LogP contribution in [0.1, 0.15) is 40.0 Å². The first kappa shape index (κ1) is 15.9. The van der Waals surface area contributed by atoms with E-state index in [-0.39, 0.29) is 28.0 Å². The molecular weight excluding hydrogens is 284 g/mol. The molecular formula is C15H22N4OS. The Morgan fingerprint density at radius 2 is 2.19 bits per heavy atom. The minimum absolute atomic E-state index is 0.000308. The van der Waals surface area contributed by atoms with Crippen molar-refractivity contribution in [1.82, 2.24) is 9.97 Å². The summed E-state index contributed by atoms with van der Waals surface area (Å²) in [5, 5.41) is 10.0. The molecule has 3 N–H and O–H groups in total. The van der Waals surface area contributed by atoms with Crippen LogP contribution in [0.25, 0.3) is 0 Å². The molecule has 3 unspecified atom stereocenters. The van der Waals surface area contributed by atoms with Crippen LogP contribution in [0.2, 0.25) is 0 Å². The molecule has 21 heavy (non-hydrogen) atoms. The third-order valence-electron chi connectivity index (χ3n) is 4.19. The Morgan fingerprint density at radius 1 is 1.48 bits per heavy atom. The lowest BCUT2D eigenvalue weighted by Gasteiger charge is -2.39. The maximum atomic E-state index is 11.5. The standard InChI is InChI=1S/C15H22N4OS/c1-15(2,3)10-5-4-9(8-16)11(6-10)21-14-18-12(17)7-13(20)19-14/h7,9-11H,4-6H2,1-3H3,(H3,17,18,19,20). The molecule has 3 atom stereocenters. The molecule has 0 radical (unpaired) electrons. The highest BCUT2D eigenvalue weighted by molar-refractivity contribution is 7.99. The van der Waals surface area contributed by atoms with Gasteiger partial charge in [-0.1, -0.05) is 32.5 Å². The second-order valence-corrected chi connectivity index (χ2v) is 7.97. The minimum atomic E-state index is -0.248. The molecule has 114 valence electrons. The Labute approximate surface area is 129 Å². The summed E-state index contributed by atoms with van der Waals surface area (Å²) in [6, 6.07) is 3.67. The van der Waals surface area contributed by atoms with E-state index in [1.807, 2.05) is 0 Å². The molecule has 0 amide bonds. The summed E-state index contributed by atoms with van der Waals surface area (Å²) < 4.78 is 0. The number of nitrogens with zero attached hydrogens (tertiary/aromatic N) is 2. The second kappa shape index (κ2) is 6.10. The van der Waals surface area contributed by atoms with Gasteiger partial charge in [0.25, 0.3) is 5.56 Å². The summed E-state index contributed by atoms with van der Waals surface area (Å²) in [5.74, 6) is 0.797. The average Bonchev–Trinajstić information content (AvgIpc) is 2.36. The molecule has 0 aromatic carbocycles. The van der Waals surface area contributed by atoms with Crippen molar-refractivity contribution >= 4 is 17.6 Å². The SMILES string of the molecule is CC(C)(C)C1CCC(C#N)C(Sc2nc(N)cc(=O)[nH]2)C1. The highest BCUT2D eigenvalue weighted by atomic mass is 32.2. The van der Waals surface area contributed by atoms with Gasteiger partial charge in [-0.3, -0.25) is 4.79 Å². The molecule has 0 aliphatic heterocycles. The number of aromatic amines is 1. The first-order valence-corrected chi connectivity index (χ1v) is 8.10. The van der Waals surface area contributed by atoms with Gasteiger partial charge in [0.05, 0.1) is 12.0 Å². The van der Waals surface area contributed by atoms with E-state index in [1.165, 1.54) is 17.8 Å². The molecule has 0 saturated heterocycles. The van der Waals surface area contributed by atoms with Crippen LogP contribution in [0, 0.1) is 28.6 Å². The van der Waals surface area contributed by atoms with E-state index < -0.39 is 0 Å². The van der Waals surface area contributed by atoms with E-state index in [2.05, 4.69) is 36.8 Å². The first-order valence-electron chi connectivity index (χ1n) is 7.22. The van der Waals surface area contributed by atoms with Gasteiger partial charge in [0.2, 0.25) is 0 Å². The van der Waals surface area contributed by atoms with Crippen molar-refractivity contribution in [2.75, 3.05) is 5.73 Å². The van der Waals surface area contributed by atoms with Gasteiger partial charge in [-0.2, -0.15) is 5.26 Å². The predicted molar refractivity (Wildman–Crippen MR) is 84.8 cm³/mol. The van der Waals surface area contributed by atoms with Gasteiger partial charge in [-0.05, 0) is 30.6 Å². The number of nitrogen functional groups attached to an aromatic ring is 1. The average molecular weight is 306 g/mol. The van der Waals surface area contributed by atoms with Crippen molar-refractivity contribution < 1.29 is 0 Å². The van der Waals surface area contributed by atoms with Gasteiger partial charge >= 0.3 is 0 Å². The summed E-state index contributed by atoms with van der Waals surface area (Å²) >= 11 is 1.48. The fraction of sp³-hybridized carbons (Fsp3) is 0.667. The molecule has 0 spiro atoms. The lowest BCUT2D eigenvalue weighted by Crippen LogP contribution is -2.33. The zero-order valence-corrected chi connectivity index (χ0v) is 13.5. The number of hydrogen-bond donors (Lipinski definition) is 2. The second-order valence-electron chi connectivity index (χ2n) is 6.74. The van der Waals surface area contributed by atoms with Crippen LogP contribution >= 0.6 is 11.8 Å². The number of rotatable bonds is 2. The van der Waals surface area contributed by atoms with Gasteiger partial charge in [-0.25, -0.2) is 4.98 Å². The Morgan fingerprint density at radius 3 is 2.76 bits per heavy atom. The van der Waals surface area contributed by atoms with Gasteiger partial charge in [0.15, 0.2) is 5.16 Å². The van der Waals surface area contributed by atoms with Gasteiger partial charge in [0, 0.05) is 11.3 Å². The molecule has 1 aliphatic carbocycles. The number of thioether (sulfide) groups is 1. The Bertz CT molecular complexity index is 599. The quantitative estimate of drug-likeness (QED) is 0.819. The highest BCUT2D eigenvalue weighted by Crippen LogP contribution is 2.44. The number of nitriles is 1. The number of aromatic nitrogens is 2. The van der Waals surface area contributed by atoms with E-state index in [0.29, 0.717) is 11.1 Å². The van der Waals surface area contributed by atoms with Gasteiger partial charge in [-0.15, -0.1) is 0 Å². The van der Waals surface area contributed by atoms with Gasteiger partial charge in [0.1, 0.15) is 5.82 Å². The van der Waals surface area contributed by atoms with Crippen molar-refractivity contribution in [2.24, 2.45) is 17.3 Å². The van der Waals surface area contributed by atoms with Crippen molar-refractivity contribution in [1.29, 1.82) is 5.26 Å². The van der Waals surface area contributed by atoms with Crippen molar-refractivity contribution in [2.45, 2.75) is 50.4 Å². The third-order valence-corrected chi connectivity index (χ3v) is 5.43. The van der Waals surface area contributed by atoms with Crippen LogP contribution < -0.4 is 11.3 Å². The molecule has 1 heterocycles. The van der Waals surface area contributed by atoms with Crippen molar-refractivity contribution in [3.8, 4) is 6.07 Å². The number of H-pyrrole nitrogens is 1. The maximum absolute atomic E-state index is 11.5. The van der Waals surface area contributed by atoms with Crippen molar-refractivity contribution in [3.63, 3.8) is 0 Å². The number of nitrogens with one attached hydrogen (secondary N) is 1. The molecule has 2 rings (SSSR count). The number of nitrogens with two attached hydrogens (primary N) is 1. The molecule has 6 heteroatoms. The molecule has 0 bridgehead atoms. The fourth-order valence-electron chi connectivity index (χ4n) is 2.85. The lowest BCUT2D eigenvalue weighted by atomic mass is 9.70. The topological polar surface area (TPSA) is 95.6 Å². The smallest absolute Gasteiger partial charge is 0.253 e. The van der Waals surface area contributed by atoms with E-state index in [0.717, 1.165) is 19.3 Å². The zero-order valence-electron chi connectivity index (χ0n) is 12.7. The van der Waals surface area contributed by atoms with Crippen molar-refractivity contribution in [3.05, 3.63) is 16.4 Å². The van der Waals surface area contributed by atoms with Crippen LogP contribution in [0.5, 0.6) is 0 Å². The van der Waals surface area contributed by atoms with E-state index in [9.17, 15) is 10.1 Å². The zero-order chi connectivity index (χ0) is 15.6. The van der Waals surface area contributed by atoms with E-state index in [1.54, 1.807) is 0 Å². The number of hydrogen-bond acceptors (Lipinski definition) is 5. The Balaban J connectivity index is 2.18. The third kappa shape index (κ3) is 4.01. The molecule has 1 aromatic heterocycles. The minimum Gasteiger partial charge on any atom is -0.383 e. The normalized spacial score (nSPS) is 26.3. The summed E-state index contributed by atoms with van der Waals surface area (Å²) in [5.41, 5.74) is 5.60. The van der Waals surface area contributed by atoms with Gasteiger partial charge < -0.3 is 10.7 Å². The fourth-order valence-corrected chi connectivity index (χ4v) is 4.14. The van der Waals surface area contributed by atoms with Crippen LogP contribution in [0.4, 0.5) is 5.82 Å².